The van der Waals surface area contributed by atoms with Crippen molar-refractivity contribution in [2.75, 3.05) is 13.2 Å². The van der Waals surface area contributed by atoms with Crippen molar-refractivity contribution in [1.29, 1.82) is 0 Å². The molecule has 0 aromatic carbocycles. The molecular formula is C56H108O6. The molecule has 0 radical (unpaired) electrons. The van der Waals surface area contributed by atoms with Gasteiger partial charge in [-0.25, -0.2) is 0 Å². The topological polar surface area (TPSA) is 78.9 Å². The molecule has 6 nitrogen and oxygen atoms in total. The first kappa shape index (κ1) is 60.4. The summed E-state index contributed by atoms with van der Waals surface area (Å²) in [5.41, 5.74) is 0. The van der Waals surface area contributed by atoms with Crippen molar-refractivity contribution in [2.45, 2.75) is 317 Å². The van der Waals surface area contributed by atoms with E-state index in [4.69, 9.17) is 14.2 Å². The fourth-order valence-electron chi connectivity index (χ4n) is 8.52. The molecule has 0 unspecified atom stereocenters. The maximum Gasteiger partial charge on any atom is 0.306 e. The molecule has 0 aromatic heterocycles. The average molecular weight is 877 g/mol. The van der Waals surface area contributed by atoms with Crippen LogP contribution in [0, 0.1) is 11.8 Å². The number of carbonyl (C=O) groups is 3. The normalized spacial score (nSPS) is 12.0. The third-order valence-electron chi connectivity index (χ3n) is 12.7. The Bertz CT molecular complexity index is 947. The second-order valence-electron chi connectivity index (χ2n) is 20.2. The predicted molar refractivity (Wildman–Crippen MR) is 266 cm³/mol. The zero-order chi connectivity index (χ0) is 45.4. The van der Waals surface area contributed by atoms with E-state index in [9.17, 15) is 14.4 Å². The number of hydrogen-bond acceptors (Lipinski definition) is 6. The van der Waals surface area contributed by atoms with Crippen LogP contribution in [-0.4, -0.2) is 37.2 Å². The molecule has 0 fully saturated rings. The minimum Gasteiger partial charge on any atom is -0.462 e. The van der Waals surface area contributed by atoms with Crippen LogP contribution in [0.3, 0.4) is 0 Å². The summed E-state index contributed by atoms with van der Waals surface area (Å²) >= 11 is 0. The summed E-state index contributed by atoms with van der Waals surface area (Å²) in [6, 6.07) is 0. The lowest BCUT2D eigenvalue weighted by atomic mass is 10.0. The van der Waals surface area contributed by atoms with Crippen molar-refractivity contribution >= 4 is 17.9 Å². The maximum atomic E-state index is 12.8. The minimum atomic E-state index is -0.762. The highest BCUT2D eigenvalue weighted by Crippen LogP contribution is 2.18. The van der Waals surface area contributed by atoms with Gasteiger partial charge >= 0.3 is 17.9 Å². The molecule has 0 heterocycles. The van der Waals surface area contributed by atoms with Crippen LogP contribution >= 0.6 is 0 Å². The summed E-state index contributed by atoms with van der Waals surface area (Å²) in [5, 5.41) is 0. The Balaban J connectivity index is 4.31. The van der Waals surface area contributed by atoms with Gasteiger partial charge in [-0.2, -0.15) is 0 Å². The van der Waals surface area contributed by atoms with Crippen LogP contribution in [0.15, 0.2) is 0 Å². The Morgan fingerprint density at radius 3 is 0.790 bits per heavy atom. The van der Waals surface area contributed by atoms with Crippen LogP contribution < -0.4 is 0 Å². The number of ether oxygens (including phenoxy) is 3. The molecule has 0 saturated carbocycles. The lowest BCUT2D eigenvalue weighted by Crippen LogP contribution is -2.30. The summed E-state index contributed by atoms with van der Waals surface area (Å²) in [5.74, 6) is 0.824. The monoisotopic (exact) mass is 877 g/mol. The summed E-state index contributed by atoms with van der Waals surface area (Å²) in [6.45, 7) is 11.4. The smallest absolute Gasteiger partial charge is 0.306 e. The van der Waals surface area contributed by atoms with Gasteiger partial charge in [-0.1, -0.05) is 272 Å². The zero-order valence-electron chi connectivity index (χ0n) is 42.5. The second kappa shape index (κ2) is 48.9. The Morgan fingerprint density at radius 2 is 0.532 bits per heavy atom. The molecular weight excluding hydrogens is 769 g/mol. The van der Waals surface area contributed by atoms with E-state index in [0.29, 0.717) is 19.3 Å². The number of esters is 3. The van der Waals surface area contributed by atoms with Gasteiger partial charge in [-0.05, 0) is 31.1 Å². The van der Waals surface area contributed by atoms with Crippen LogP contribution in [0.5, 0.6) is 0 Å². The van der Waals surface area contributed by atoms with E-state index in [1.807, 2.05) is 0 Å². The van der Waals surface area contributed by atoms with Gasteiger partial charge in [0.25, 0.3) is 0 Å². The number of unbranched alkanes of at least 4 members (excludes halogenated alkanes) is 35. The maximum absolute atomic E-state index is 12.8. The third-order valence-corrected chi connectivity index (χ3v) is 12.7. The first-order valence-electron chi connectivity index (χ1n) is 27.7. The molecule has 0 spiro atoms. The minimum absolute atomic E-state index is 0.0630. The van der Waals surface area contributed by atoms with Crippen molar-refractivity contribution in [2.24, 2.45) is 11.8 Å². The highest BCUT2D eigenvalue weighted by Gasteiger charge is 2.19. The van der Waals surface area contributed by atoms with E-state index < -0.39 is 6.10 Å². The van der Waals surface area contributed by atoms with E-state index in [-0.39, 0.29) is 31.1 Å². The summed E-state index contributed by atoms with van der Waals surface area (Å²) in [7, 11) is 0. The first-order valence-corrected chi connectivity index (χ1v) is 27.7. The van der Waals surface area contributed by atoms with Gasteiger partial charge in [0.05, 0.1) is 0 Å². The molecule has 368 valence electrons. The highest BCUT2D eigenvalue weighted by molar-refractivity contribution is 5.71. The lowest BCUT2D eigenvalue weighted by Gasteiger charge is -2.18. The standard InChI is InChI=1S/C56H108O6/c1-6-7-8-9-10-11-12-13-14-21-26-31-36-41-46-54(57)60-49-53(62-56(59)48-43-38-33-28-23-18-16-20-25-30-35-40-45-52(4)5)50-61-55(58)47-42-37-32-27-22-17-15-19-24-29-34-39-44-51(2)3/h51-53H,6-50H2,1-5H3/t53-/m1/s1. The molecule has 0 saturated heterocycles. The zero-order valence-corrected chi connectivity index (χ0v) is 42.5. The lowest BCUT2D eigenvalue weighted by molar-refractivity contribution is -0.167. The Kier molecular flexibility index (Phi) is 47.6. The molecule has 6 heteroatoms. The molecule has 0 amide bonds. The van der Waals surface area contributed by atoms with Crippen molar-refractivity contribution in [3.05, 3.63) is 0 Å². The Labute approximate surface area is 387 Å². The van der Waals surface area contributed by atoms with Gasteiger partial charge in [-0.3, -0.25) is 14.4 Å². The van der Waals surface area contributed by atoms with Crippen LogP contribution in [0.4, 0.5) is 0 Å². The van der Waals surface area contributed by atoms with E-state index >= 15 is 0 Å². The van der Waals surface area contributed by atoms with Gasteiger partial charge in [0.15, 0.2) is 6.10 Å². The van der Waals surface area contributed by atoms with Crippen LogP contribution in [0.2, 0.25) is 0 Å². The molecule has 0 rings (SSSR count). The summed E-state index contributed by atoms with van der Waals surface area (Å²) < 4.78 is 16.9. The largest absolute Gasteiger partial charge is 0.462 e. The second-order valence-corrected chi connectivity index (χ2v) is 20.2. The van der Waals surface area contributed by atoms with Crippen molar-refractivity contribution in [1.82, 2.24) is 0 Å². The van der Waals surface area contributed by atoms with Crippen LogP contribution in [-0.2, 0) is 28.6 Å². The molecule has 0 aliphatic rings. The SMILES string of the molecule is CCCCCCCCCCCCCCCCC(=O)OC[C@H](COC(=O)CCCCCCCCCCCCCCC(C)C)OC(=O)CCCCCCCCCCCCCCC(C)C. The Hall–Kier alpha value is -1.59. The van der Waals surface area contributed by atoms with Crippen molar-refractivity contribution in [3.8, 4) is 0 Å². The van der Waals surface area contributed by atoms with Gasteiger partial charge in [0.2, 0.25) is 0 Å². The van der Waals surface area contributed by atoms with Crippen LogP contribution in [0.1, 0.15) is 311 Å². The summed E-state index contributed by atoms with van der Waals surface area (Å²) in [6.07, 6.45) is 50.9. The molecule has 0 aliphatic carbocycles. The van der Waals surface area contributed by atoms with Gasteiger partial charge in [0.1, 0.15) is 13.2 Å². The van der Waals surface area contributed by atoms with E-state index in [2.05, 4.69) is 34.6 Å². The van der Waals surface area contributed by atoms with Gasteiger partial charge in [-0.15, -0.1) is 0 Å². The van der Waals surface area contributed by atoms with E-state index in [0.717, 1.165) is 69.6 Å². The first-order chi connectivity index (χ1) is 30.2. The van der Waals surface area contributed by atoms with Crippen LogP contribution in [0.25, 0.3) is 0 Å². The van der Waals surface area contributed by atoms with E-state index in [1.165, 1.54) is 199 Å². The van der Waals surface area contributed by atoms with Crippen molar-refractivity contribution in [3.63, 3.8) is 0 Å². The molecule has 0 aliphatic heterocycles. The van der Waals surface area contributed by atoms with E-state index in [1.54, 1.807) is 0 Å². The molecule has 0 aromatic rings. The number of hydrogen-bond donors (Lipinski definition) is 0. The third kappa shape index (κ3) is 49.4. The predicted octanol–water partition coefficient (Wildman–Crippen LogP) is 18.1. The fraction of sp³-hybridized carbons (Fsp3) is 0.946. The molecule has 1 atom stereocenters. The molecule has 0 bridgehead atoms. The molecule has 0 N–H and O–H groups in total. The number of rotatable bonds is 50. The van der Waals surface area contributed by atoms with Gasteiger partial charge < -0.3 is 14.2 Å². The average Bonchev–Trinajstić information content (AvgIpc) is 3.24. The summed E-state index contributed by atoms with van der Waals surface area (Å²) in [4.78, 5) is 38.1. The molecule has 62 heavy (non-hydrogen) atoms. The van der Waals surface area contributed by atoms with Crippen molar-refractivity contribution < 1.29 is 28.6 Å². The number of carbonyl (C=O) groups excluding carboxylic acids is 3. The Morgan fingerprint density at radius 1 is 0.306 bits per heavy atom. The quantitative estimate of drug-likeness (QED) is 0.0344. The van der Waals surface area contributed by atoms with Gasteiger partial charge in [0, 0.05) is 19.3 Å². The highest BCUT2D eigenvalue weighted by atomic mass is 16.6. The fourth-order valence-corrected chi connectivity index (χ4v) is 8.52.